The second kappa shape index (κ2) is 7.09. The van der Waals surface area contributed by atoms with Crippen molar-refractivity contribution in [1.82, 2.24) is 10.2 Å². The summed E-state index contributed by atoms with van der Waals surface area (Å²) in [6.45, 7) is 2.00. The first-order chi connectivity index (χ1) is 11.3. The number of hydrogen-bond donors (Lipinski definition) is 2. The molecule has 130 valence electrons. The van der Waals surface area contributed by atoms with E-state index in [2.05, 4.69) is 10.1 Å². The van der Waals surface area contributed by atoms with E-state index in [9.17, 15) is 14.4 Å². The van der Waals surface area contributed by atoms with Gasteiger partial charge in [-0.05, 0) is 31.0 Å². The van der Waals surface area contributed by atoms with E-state index in [0.717, 1.165) is 5.56 Å². The van der Waals surface area contributed by atoms with E-state index in [0.29, 0.717) is 11.4 Å². The Balaban J connectivity index is 2.00. The number of carbonyl (C=O) groups excluding carboxylic acids is 3. The van der Waals surface area contributed by atoms with Crippen LogP contribution in [0.25, 0.3) is 0 Å². The van der Waals surface area contributed by atoms with Crippen LogP contribution in [0.1, 0.15) is 12.5 Å². The highest BCUT2D eigenvalue weighted by atomic mass is 35.5. The van der Waals surface area contributed by atoms with Gasteiger partial charge in [0.1, 0.15) is 6.04 Å². The number of nitrogens with two attached hydrogens (primary N) is 1. The van der Waals surface area contributed by atoms with E-state index < -0.39 is 23.5 Å². The van der Waals surface area contributed by atoms with Crippen LogP contribution in [-0.2, 0) is 20.7 Å². The van der Waals surface area contributed by atoms with Crippen LogP contribution in [0.3, 0.4) is 0 Å². The molecule has 1 aromatic rings. The molecule has 3 N–H and O–H groups in total. The van der Waals surface area contributed by atoms with E-state index >= 15 is 0 Å². The third-order valence-corrected chi connectivity index (χ3v) is 4.42. The van der Waals surface area contributed by atoms with Gasteiger partial charge in [0, 0.05) is 18.1 Å². The Morgan fingerprint density at radius 1 is 1.33 bits per heavy atom. The number of hydrogen-bond acceptors (Lipinski definition) is 4. The molecular formula is C16H20ClN3O4. The van der Waals surface area contributed by atoms with Crippen molar-refractivity contribution in [1.29, 1.82) is 0 Å². The van der Waals surface area contributed by atoms with Crippen molar-refractivity contribution in [2.24, 2.45) is 11.1 Å². The Kier molecular flexibility index (Phi) is 5.33. The van der Waals surface area contributed by atoms with Crippen molar-refractivity contribution in [2.75, 3.05) is 20.2 Å². The number of alkyl carbamates (subject to hydrolysis) is 1. The minimum atomic E-state index is -0.797. The van der Waals surface area contributed by atoms with Gasteiger partial charge in [-0.1, -0.05) is 23.7 Å². The molecule has 0 spiro atoms. The molecule has 1 aliphatic heterocycles. The SMILES string of the molecule is COC(=O)NC(C)C(=O)N1CC(Cc2ccc(Cl)cc2)(C(N)=O)C1. The van der Waals surface area contributed by atoms with Crippen LogP contribution in [0.4, 0.5) is 4.79 Å². The first kappa shape index (κ1) is 18.1. The van der Waals surface area contributed by atoms with Gasteiger partial charge in [-0.3, -0.25) is 9.59 Å². The smallest absolute Gasteiger partial charge is 0.407 e. The van der Waals surface area contributed by atoms with E-state index in [1.165, 1.54) is 12.0 Å². The summed E-state index contributed by atoms with van der Waals surface area (Å²) >= 11 is 5.86. The van der Waals surface area contributed by atoms with Gasteiger partial charge in [0.15, 0.2) is 0 Å². The maximum Gasteiger partial charge on any atom is 0.407 e. The highest BCUT2D eigenvalue weighted by Crippen LogP contribution is 2.34. The van der Waals surface area contributed by atoms with Crippen molar-refractivity contribution < 1.29 is 19.1 Å². The lowest BCUT2D eigenvalue weighted by atomic mass is 9.74. The molecule has 0 radical (unpaired) electrons. The van der Waals surface area contributed by atoms with Crippen LogP contribution in [-0.4, -0.2) is 49.0 Å². The number of amides is 3. The maximum atomic E-state index is 12.3. The zero-order valence-electron chi connectivity index (χ0n) is 13.5. The predicted molar refractivity (Wildman–Crippen MR) is 88.4 cm³/mol. The molecule has 7 nitrogen and oxygen atoms in total. The van der Waals surface area contributed by atoms with Gasteiger partial charge in [-0.25, -0.2) is 4.79 Å². The third-order valence-electron chi connectivity index (χ3n) is 4.17. The number of primary amides is 1. The summed E-state index contributed by atoms with van der Waals surface area (Å²) in [5.41, 5.74) is 5.68. The van der Waals surface area contributed by atoms with Gasteiger partial charge >= 0.3 is 6.09 Å². The average Bonchev–Trinajstić information content (AvgIpc) is 2.51. The fourth-order valence-corrected chi connectivity index (χ4v) is 2.89. The van der Waals surface area contributed by atoms with Crippen LogP contribution in [0.15, 0.2) is 24.3 Å². The van der Waals surface area contributed by atoms with E-state index in [-0.39, 0.29) is 19.0 Å². The number of methoxy groups -OCH3 is 1. The first-order valence-corrected chi connectivity index (χ1v) is 7.83. The molecule has 0 bridgehead atoms. The van der Waals surface area contributed by atoms with Crippen molar-refractivity contribution in [2.45, 2.75) is 19.4 Å². The summed E-state index contributed by atoms with van der Waals surface area (Å²) < 4.78 is 4.46. The maximum absolute atomic E-state index is 12.3. The number of nitrogens with zero attached hydrogens (tertiary/aromatic N) is 1. The molecule has 0 aliphatic carbocycles. The van der Waals surface area contributed by atoms with Crippen LogP contribution < -0.4 is 11.1 Å². The molecule has 1 unspecified atom stereocenters. The summed E-state index contributed by atoms with van der Waals surface area (Å²) in [5.74, 6) is -0.733. The molecule has 8 heteroatoms. The number of nitrogens with one attached hydrogen (secondary N) is 1. The van der Waals surface area contributed by atoms with Gasteiger partial charge in [0.2, 0.25) is 11.8 Å². The Hall–Kier alpha value is -2.28. The normalized spacial score (nSPS) is 16.7. The quantitative estimate of drug-likeness (QED) is 0.822. The van der Waals surface area contributed by atoms with Crippen molar-refractivity contribution in [3.63, 3.8) is 0 Å². The largest absolute Gasteiger partial charge is 0.453 e. The Morgan fingerprint density at radius 2 is 1.92 bits per heavy atom. The molecular weight excluding hydrogens is 334 g/mol. The second-order valence-corrected chi connectivity index (χ2v) is 6.44. The number of benzene rings is 1. The lowest BCUT2D eigenvalue weighted by Gasteiger charge is -2.48. The lowest BCUT2D eigenvalue weighted by Crippen LogP contribution is -2.67. The zero-order chi connectivity index (χ0) is 17.9. The van der Waals surface area contributed by atoms with Crippen LogP contribution in [0, 0.1) is 5.41 Å². The van der Waals surface area contributed by atoms with Gasteiger partial charge in [-0.15, -0.1) is 0 Å². The fraction of sp³-hybridized carbons (Fsp3) is 0.438. The highest BCUT2D eigenvalue weighted by Gasteiger charge is 2.50. The van der Waals surface area contributed by atoms with Crippen LogP contribution in [0.2, 0.25) is 5.02 Å². The number of halogens is 1. The minimum absolute atomic E-state index is 0.219. The number of carbonyl (C=O) groups is 3. The van der Waals surface area contributed by atoms with Gasteiger partial charge < -0.3 is 20.7 Å². The summed E-state index contributed by atoms with van der Waals surface area (Å²) in [5, 5.41) is 3.02. The number of likely N-dealkylation sites (tertiary alicyclic amines) is 1. The predicted octanol–water partition coefficient (Wildman–Crippen LogP) is 0.941. The number of rotatable bonds is 5. The third kappa shape index (κ3) is 3.79. The molecule has 0 saturated carbocycles. The molecule has 0 aromatic heterocycles. The van der Waals surface area contributed by atoms with Crippen LogP contribution >= 0.6 is 11.6 Å². The first-order valence-electron chi connectivity index (χ1n) is 7.45. The molecule has 2 rings (SSSR count). The van der Waals surface area contributed by atoms with E-state index in [4.69, 9.17) is 17.3 Å². The van der Waals surface area contributed by atoms with E-state index in [1.54, 1.807) is 19.1 Å². The average molecular weight is 354 g/mol. The Labute approximate surface area is 145 Å². The van der Waals surface area contributed by atoms with Crippen LogP contribution in [0.5, 0.6) is 0 Å². The zero-order valence-corrected chi connectivity index (χ0v) is 14.3. The summed E-state index contributed by atoms with van der Waals surface area (Å²) in [4.78, 5) is 36.8. The minimum Gasteiger partial charge on any atom is -0.453 e. The second-order valence-electron chi connectivity index (χ2n) is 6.00. The van der Waals surface area contributed by atoms with Gasteiger partial charge in [-0.2, -0.15) is 0 Å². The molecule has 1 aliphatic rings. The molecule has 1 heterocycles. The lowest BCUT2D eigenvalue weighted by molar-refractivity contribution is -0.153. The topological polar surface area (TPSA) is 102 Å². The van der Waals surface area contributed by atoms with Crippen molar-refractivity contribution in [3.8, 4) is 0 Å². The molecule has 1 saturated heterocycles. The Bertz CT molecular complexity index is 641. The number of ether oxygens (including phenoxy) is 1. The van der Waals surface area contributed by atoms with Gasteiger partial charge in [0.25, 0.3) is 0 Å². The Morgan fingerprint density at radius 3 is 2.42 bits per heavy atom. The van der Waals surface area contributed by atoms with Gasteiger partial charge in [0.05, 0.1) is 12.5 Å². The monoisotopic (exact) mass is 353 g/mol. The molecule has 3 amide bonds. The molecule has 1 atom stereocenters. The molecule has 1 fully saturated rings. The molecule has 1 aromatic carbocycles. The fourth-order valence-electron chi connectivity index (χ4n) is 2.76. The highest BCUT2D eigenvalue weighted by molar-refractivity contribution is 6.30. The summed E-state index contributed by atoms with van der Waals surface area (Å²) in [6.07, 6.45) is -0.249. The van der Waals surface area contributed by atoms with E-state index in [1.807, 2.05) is 12.1 Å². The summed E-state index contributed by atoms with van der Waals surface area (Å²) in [7, 11) is 1.22. The molecule has 24 heavy (non-hydrogen) atoms. The van der Waals surface area contributed by atoms with Crippen molar-refractivity contribution >= 4 is 29.5 Å². The summed E-state index contributed by atoms with van der Waals surface area (Å²) in [6, 6.07) is 6.42. The standard InChI is InChI=1S/C16H20ClN3O4/c1-10(19-15(23)24-2)13(21)20-8-16(9-20,14(18)22)7-11-3-5-12(17)6-4-11/h3-6,10H,7-9H2,1-2H3,(H2,18,22)(H,19,23). The van der Waals surface area contributed by atoms with Crippen molar-refractivity contribution in [3.05, 3.63) is 34.9 Å².